The number of aliphatic hydroxyl groups excluding tert-OH is 1. The number of hydrogen-bond donors (Lipinski definition) is 2. The molecule has 17 heavy (non-hydrogen) atoms. The van der Waals surface area contributed by atoms with Crippen LogP contribution in [0, 0.1) is 6.92 Å². The van der Waals surface area contributed by atoms with Crippen LogP contribution in [-0.2, 0) is 6.54 Å². The largest absolute Gasteiger partial charge is 0.387 e. The van der Waals surface area contributed by atoms with Crippen molar-refractivity contribution in [2.24, 2.45) is 0 Å². The zero-order valence-electron chi connectivity index (χ0n) is 9.63. The highest BCUT2D eigenvalue weighted by molar-refractivity contribution is 5.17. The van der Waals surface area contributed by atoms with Crippen molar-refractivity contribution in [3.63, 3.8) is 0 Å². The van der Waals surface area contributed by atoms with Crippen LogP contribution >= 0.6 is 0 Å². The number of hydrogen-bond acceptors (Lipinski definition) is 5. The monoisotopic (exact) mass is 233 g/mol. The molecule has 0 aliphatic rings. The van der Waals surface area contributed by atoms with Crippen LogP contribution in [0.1, 0.15) is 23.1 Å². The number of nitrogens with zero attached hydrogens (tertiary/aromatic N) is 2. The average Bonchev–Trinajstić information content (AvgIpc) is 2.76. The third kappa shape index (κ3) is 3.12. The highest BCUT2D eigenvalue weighted by Gasteiger charge is 2.08. The van der Waals surface area contributed by atoms with E-state index >= 15 is 0 Å². The van der Waals surface area contributed by atoms with Crippen molar-refractivity contribution in [1.29, 1.82) is 0 Å². The highest BCUT2D eigenvalue weighted by atomic mass is 16.6. The SMILES string of the molecule is Cc1nonc1CNCC(O)c1ccccc1. The van der Waals surface area contributed by atoms with E-state index in [1.165, 1.54) is 0 Å². The smallest absolute Gasteiger partial charge is 0.121 e. The molecule has 0 saturated heterocycles. The van der Waals surface area contributed by atoms with E-state index in [0.29, 0.717) is 13.1 Å². The van der Waals surface area contributed by atoms with Gasteiger partial charge in [0.1, 0.15) is 11.4 Å². The van der Waals surface area contributed by atoms with Gasteiger partial charge in [-0.3, -0.25) is 0 Å². The van der Waals surface area contributed by atoms with Crippen molar-refractivity contribution in [3.05, 3.63) is 47.3 Å². The Balaban J connectivity index is 1.81. The zero-order chi connectivity index (χ0) is 12.1. The Morgan fingerprint density at radius 1 is 1.29 bits per heavy atom. The summed E-state index contributed by atoms with van der Waals surface area (Å²) in [6.45, 7) is 2.84. The molecule has 1 atom stereocenters. The fraction of sp³-hybridized carbons (Fsp3) is 0.333. The van der Waals surface area contributed by atoms with E-state index in [9.17, 15) is 5.11 Å². The molecule has 1 aromatic carbocycles. The van der Waals surface area contributed by atoms with E-state index in [1.807, 2.05) is 37.3 Å². The fourth-order valence-corrected chi connectivity index (χ4v) is 1.53. The van der Waals surface area contributed by atoms with Crippen molar-refractivity contribution in [1.82, 2.24) is 15.6 Å². The summed E-state index contributed by atoms with van der Waals surface area (Å²) >= 11 is 0. The molecule has 0 amide bonds. The second-order valence-electron chi connectivity index (χ2n) is 3.85. The lowest BCUT2D eigenvalue weighted by Gasteiger charge is -2.11. The van der Waals surface area contributed by atoms with Gasteiger partial charge in [0.25, 0.3) is 0 Å². The lowest BCUT2D eigenvalue weighted by molar-refractivity contribution is 0.174. The van der Waals surface area contributed by atoms with Gasteiger partial charge in [-0.2, -0.15) is 0 Å². The van der Waals surface area contributed by atoms with E-state index in [4.69, 9.17) is 0 Å². The Kier molecular flexibility index (Phi) is 3.85. The molecule has 0 fully saturated rings. The van der Waals surface area contributed by atoms with Gasteiger partial charge >= 0.3 is 0 Å². The molecule has 0 aliphatic carbocycles. The standard InChI is InChI=1S/C12H15N3O2/c1-9-11(15-17-14-9)7-13-8-12(16)10-5-3-2-4-6-10/h2-6,12-13,16H,7-8H2,1H3. The van der Waals surface area contributed by atoms with Crippen molar-refractivity contribution < 1.29 is 9.74 Å². The van der Waals surface area contributed by atoms with Crippen LogP contribution in [0.3, 0.4) is 0 Å². The van der Waals surface area contributed by atoms with Crippen LogP contribution in [0.4, 0.5) is 0 Å². The van der Waals surface area contributed by atoms with Crippen LogP contribution in [0.15, 0.2) is 35.0 Å². The second-order valence-corrected chi connectivity index (χ2v) is 3.85. The highest BCUT2D eigenvalue weighted by Crippen LogP contribution is 2.10. The molecule has 5 heteroatoms. The second kappa shape index (κ2) is 5.56. The van der Waals surface area contributed by atoms with E-state index < -0.39 is 6.10 Å². The van der Waals surface area contributed by atoms with Crippen molar-refractivity contribution >= 4 is 0 Å². The van der Waals surface area contributed by atoms with Gasteiger partial charge in [0.15, 0.2) is 0 Å². The van der Waals surface area contributed by atoms with Crippen LogP contribution in [0.5, 0.6) is 0 Å². The summed E-state index contributed by atoms with van der Waals surface area (Å²) in [6, 6.07) is 9.53. The number of benzene rings is 1. The topological polar surface area (TPSA) is 71.2 Å². The van der Waals surface area contributed by atoms with Gasteiger partial charge in [-0.1, -0.05) is 40.6 Å². The predicted octanol–water partition coefficient (Wildman–Crippen LogP) is 1.20. The van der Waals surface area contributed by atoms with Gasteiger partial charge in [-0.05, 0) is 12.5 Å². The molecule has 2 N–H and O–H groups in total. The van der Waals surface area contributed by atoms with Crippen molar-refractivity contribution in [2.75, 3.05) is 6.54 Å². The Morgan fingerprint density at radius 3 is 2.71 bits per heavy atom. The Hall–Kier alpha value is -1.72. The van der Waals surface area contributed by atoms with Gasteiger partial charge in [0, 0.05) is 13.1 Å². The Bertz CT molecular complexity index is 456. The molecule has 1 unspecified atom stereocenters. The first kappa shape index (κ1) is 11.8. The average molecular weight is 233 g/mol. The first-order chi connectivity index (χ1) is 8.27. The molecule has 1 aromatic heterocycles. The summed E-state index contributed by atoms with van der Waals surface area (Å²) in [6.07, 6.45) is -0.517. The minimum Gasteiger partial charge on any atom is -0.387 e. The molecule has 0 spiro atoms. The molecule has 0 radical (unpaired) electrons. The summed E-state index contributed by atoms with van der Waals surface area (Å²) in [5.41, 5.74) is 2.44. The number of rotatable bonds is 5. The molecular weight excluding hydrogens is 218 g/mol. The molecule has 2 aromatic rings. The van der Waals surface area contributed by atoms with Gasteiger partial charge < -0.3 is 10.4 Å². The molecule has 2 rings (SSSR count). The number of nitrogens with one attached hydrogen (secondary N) is 1. The maximum absolute atomic E-state index is 9.90. The molecule has 0 bridgehead atoms. The van der Waals surface area contributed by atoms with E-state index in [1.54, 1.807) is 0 Å². The number of aliphatic hydroxyl groups is 1. The maximum atomic E-state index is 9.90. The predicted molar refractivity (Wildman–Crippen MR) is 62.1 cm³/mol. The summed E-state index contributed by atoms with van der Waals surface area (Å²) in [5, 5.41) is 20.4. The zero-order valence-corrected chi connectivity index (χ0v) is 9.63. The minimum absolute atomic E-state index is 0.469. The van der Waals surface area contributed by atoms with E-state index in [-0.39, 0.29) is 0 Å². The third-order valence-corrected chi connectivity index (χ3v) is 2.56. The van der Waals surface area contributed by atoms with Gasteiger partial charge in [0.2, 0.25) is 0 Å². The summed E-state index contributed by atoms with van der Waals surface area (Å²) < 4.78 is 4.58. The van der Waals surface area contributed by atoms with Crippen LogP contribution < -0.4 is 5.32 Å². The fourth-order valence-electron chi connectivity index (χ4n) is 1.53. The summed E-state index contributed by atoms with van der Waals surface area (Å²) in [4.78, 5) is 0. The van der Waals surface area contributed by atoms with Crippen LogP contribution in [0.25, 0.3) is 0 Å². The molecule has 90 valence electrons. The van der Waals surface area contributed by atoms with Crippen LogP contribution in [-0.4, -0.2) is 22.0 Å². The lowest BCUT2D eigenvalue weighted by Crippen LogP contribution is -2.21. The molecule has 5 nitrogen and oxygen atoms in total. The van der Waals surface area contributed by atoms with E-state index in [0.717, 1.165) is 17.0 Å². The Morgan fingerprint density at radius 2 is 2.06 bits per heavy atom. The van der Waals surface area contributed by atoms with Crippen LogP contribution in [0.2, 0.25) is 0 Å². The lowest BCUT2D eigenvalue weighted by atomic mass is 10.1. The molecule has 0 aliphatic heterocycles. The van der Waals surface area contributed by atoms with Gasteiger partial charge in [-0.25, -0.2) is 4.63 Å². The van der Waals surface area contributed by atoms with Crippen molar-refractivity contribution in [3.8, 4) is 0 Å². The quantitative estimate of drug-likeness (QED) is 0.812. The first-order valence-electron chi connectivity index (χ1n) is 5.49. The van der Waals surface area contributed by atoms with Crippen molar-refractivity contribution in [2.45, 2.75) is 19.6 Å². The van der Waals surface area contributed by atoms with E-state index in [2.05, 4.69) is 20.3 Å². The van der Waals surface area contributed by atoms with Gasteiger partial charge in [-0.15, -0.1) is 0 Å². The molecular formula is C12H15N3O2. The summed E-state index contributed by atoms with van der Waals surface area (Å²) in [7, 11) is 0. The summed E-state index contributed by atoms with van der Waals surface area (Å²) in [5.74, 6) is 0. The normalized spacial score (nSPS) is 12.6. The number of aryl methyl sites for hydroxylation is 1. The first-order valence-corrected chi connectivity index (χ1v) is 5.49. The molecule has 1 heterocycles. The Labute approximate surface area is 99.4 Å². The third-order valence-electron chi connectivity index (χ3n) is 2.56. The maximum Gasteiger partial charge on any atom is 0.121 e. The number of aromatic nitrogens is 2. The van der Waals surface area contributed by atoms with Gasteiger partial charge in [0.05, 0.1) is 6.10 Å². The molecule has 0 saturated carbocycles. The minimum atomic E-state index is -0.517.